The molecule has 1 amide bonds. The highest BCUT2D eigenvalue weighted by Crippen LogP contribution is 2.31. The average molecular weight is 581 g/mol. The van der Waals surface area contributed by atoms with Crippen molar-refractivity contribution in [2.75, 3.05) is 31.1 Å². The van der Waals surface area contributed by atoms with Crippen molar-refractivity contribution in [1.82, 2.24) is 24.6 Å². The van der Waals surface area contributed by atoms with Crippen molar-refractivity contribution in [1.29, 1.82) is 0 Å². The second-order valence-corrected chi connectivity index (χ2v) is 11.1. The fourth-order valence-electron chi connectivity index (χ4n) is 4.38. The van der Waals surface area contributed by atoms with E-state index in [1.165, 1.54) is 35.4 Å². The monoisotopic (exact) mass is 580 g/mol. The molecule has 0 N–H and O–H groups in total. The zero-order valence-electron chi connectivity index (χ0n) is 20.5. The van der Waals surface area contributed by atoms with Gasteiger partial charge in [-0.1, -0.05) is 41.6 Å². The molecule has 0 spiro atoms. The van der Waals surface area contributed by atoms with Gasteiger partial charge in [-0.3, -0.25) is 9.36 Å². The molecular formula is C27H22ClFN6O2S2. The maximum atomic E-state index is 14.7. The topological polar surface area (TPSA) is 80.3 Å². The molecule has 1 fully saturated rings. The number of amides is 1. The van der Waals surface area contributed by atoms with E-state index in [2.05, 4.69) is 20.1 Å². The van der Waals surface area contributed by atoms with Crippen LogP contribution in [0.1, 0.15) is 15.5 Å². The number of aromatic nitrogens is 4. The highest BCUT2D eigenvalue weighted by atomic mass is 35.5. The Morgan fingerprint density at radius 2 is 1.90 bits per heavy atom. The van der Waals surface area contributed by atoms with Gasteiger partial charge in [0.25, 0.3) is 5.91 Å². The Morgan fingerprint density at radius 3 is 2.67 bits per heavy atom. The van der Waals surface area contributed by atoms with Gasteiger partial charge in [0.1, 0.15) is 16.5 Å². The third kappa shape index (κ3) is 5.42. The summed E-state index contributed by atoms with van der Waals surface area (Å²) in [6, 6.07) is 17.7. The van der Waals surface area contributed by atoms with Crippen LogP contribution in [-0.2, 0) is 5.75 Å². The summed E-state index contributed by atoms with van der Waals surface area (Å²) in [6.45, 7) is 2.66. The lowest BCUT2D eigenvalue weighted by Crippen LogP contribution is -2.48. The van der Waals surface area contributed by atoms with E-state index in [1.54, 1.807) is 40.3 Å². The molecule has 39 heavy (non-hydrogen) atoms. The molecule has 12 heteroatoms. The molecule has 8 nitrogen and oxygen atoms in total. The Balaban J connectivity index is 1.13. The Bertz CT molecular complexity index is 1600. The highest BCUT2D eigenvalue weighted by Gasteiger charge is 2.25. The quantitative estimate of drug-likeness (QED) is 0.217. The van der Waals surface area contributed by atoms with Gasteiger partial charge in [0.05, 0.1) is 17.7 Å². The minimum absolute atomic E-state index is 0.0807. The number of anilines is 1. The van der Waals surface area contributed by atoms with Crippen LogP contribution in [0.2, 0.25) is 5.02 Å². The molecule has 4 heterocycles. The van der Waals surface area contributed by atoms with Gasteiger partial charge in [-0.2, -0.15) is 0 Å². The molecule has 0 bridgehead atoms. The minimum atomic E-state index is -0.399. The lowest BCUT2D eigenvalue weighted by atomic mass is 10.2. The van der Waals surface area contributed by atoms with Crippen molar-refractivity contribution < 1.29 is 13.6 Å². The lowest BCUT2D eigenvalue weighted by Gasteiger charge is -2.35. The van der Waals surface area contributed by atoms with Crippen molar-refractivity contribution in [3.63, 3.8) is 0 Å². The van der Waals surface area contributed by atoms with E-state index in [1.807, 2.05) is 29.2 Å². The van der Waals surface area contributed by atoms with Crippen molar-refractivity contribution in [3.8, 4) is 17.3 Å². The van der Waals surface area contributed by atoms with Gasteiger partial charge in [0.2, 0.25) is 5.82 Å². The number of hydrogen-bond donors (Lipinski definition) is 0. The van der Waals surface area contributed by atoms with Gasteiger partial charge >= 0.3 is 0 Å². The molecule has 3 aromatic heterocycles. The maximum Gasteiger partial charge on any atom is 0.273 e. The van der Waals surface area contributed by atoms with E-state index in [0.717, 1.165) is 23.8 Å². The summed E-state index contributed by atoms with van der Waals surface area (Å²) in [5.74, 6) is 0.854. The number of carbonyl (C=O) groups is 1. The summed E-state index contributed by atoms with van der Waals surface area (Å²) in [4.78, 5) is 21.8. The zero-order valence-corrected chi connectivity index (χ0v) is 22.9. The fourth-order valence-corrected chi connectivity index (χ4v) is 6.30. The van der Waals surface area contributed by atoms with Crippen LogP contribution in [0.25, 0.3) is 17.3 Å². The summed E-state index contributed by atoms with van der Waals surface area (Å²) in [6.07, 6.45) is 1.54. The summed E-state index contributed by atoms with van der Waals surface area (Å²) >= 11 is 8.91. The number of nitrogens with zero attached hydrogens (tertiary/aromatic N) is 6. The number of furan rings is 1. The number of benzene rings is 2. The second-order valence-electron chi connectivity index (χ2n) is 8.74. The third-order valence-corrected chi connectivity index (χ3v) is 8.51. The summed E-state index contributed by atoms with van der Waals surface area (Å²) < 4.78 is 21.9. The number of thiazole rings is 1. The first-order valence-corrected chi connectivity index (χ1v) is 14.4. The molecule has 0 saturated carbocycles. The Kier molecular flexibility index (Phi) is 7.36. The van der Waals surface area contributed by atoms with Crippen LogP contribution < -0.4 is 4.90 Å². The number of piperazine rings is 1. The second kappa shape index (κ2) is 11.2. The van der Waals surface area contributed by atoms with Crippen LogP contribution in [0.3, 0.4) is 0 Å². The first-order valence-electron chi connectivity index (χ1n) is 12.2. The van der Waals surface area contributed by atoms with Crippen LogP contribution in [0, 0.1) is 5.82 Å². The molecule has 2 aromatic carbocycles. The van der Waals surface area contributed by atoms with E-state index in [0.29, 0.717) is 52.0 Å². The average Bonchev–Trinajstić information content (AvgIpc) is 3.73. The standard InChI is InChI=1S/C27H22ClFN6O2S2/c28-18-5-3-6-19(15-18)33-10-12-34(13-11-33)26(36)21-16-38-24(30-21)17-39-27-32-31-25(23-9-4-14-37-23)35(27)22-8-2-1-7-20(22)29/h1-9,14-16H,10-13,17H2. The van der Waals surface area contributed by atoms with E-state index in [9.17, 15) is 9.18 Å². The number of halogens is 2. The molecule has 6 rings (SSSR count). The molecule has 198 valence electrons. The Morgan fingerprint density at radius 1 is 1.05 bits per heavy atom. The number of rotatable bonds is 7. The van der Waals surface area contributed by atoms with E-state index in [4.69, 9.17) is 16.0 Å². The summed E-state index contributed by atoms with van der Waals surface area (Å²) in [5, 5.41) is 12.3. The van der Waals surface area contributed by atoms with Crippen LogP contribution >= 0.6 is 34.7 Å². The predicted octanol–water partition coefficient (Wildman–Crippen LogP) is 6.03. The lowest BCUT2D eigenvalue weighted by molar-refractivity contribution is 0.0741. The van der Waals surface area contributed by atoms with E-state index in [-0.39, 0.29) is 5.91 Å². The van der Waals surface area contributed by atoms with Crippen LogP contribution in [0.15, 0.2) is 81.9 Å². The van der Waals surface area contributed by atoms with Gasteiger partial charge in [-0.25, -0.2) is 9.37 Å². The summed E-state index contributed by atoms with van der Waals surface area (Å²) in [5.41, 5.74) is 1.81. The third-order valence-electron chi connectivity index (χ3n) is 6.30. The smallest absolute Gasteiger partial charge is 0.273 e. The number of hydrogen-bond acceptors (Lipinski definition) is 8. The fraction of sp³-hybridized carbons (Fsp3) is 0.185. The van der Waals surface area contributed by atoms with Gasteiger partial charge in [-0.15, -0.1) is 21.5 Å². The Labute approximate surface area is 237 Å². The van der Waals surface area contributed by atoms with Gasteiger partial charge < -0.3 is 14.2 Å². The molecule has 0 aliphatic carbocycles. The zero-order chi connectivity index (χ0) is 26.8. The number of para-hydroxylation sites is 1. The molecule has 0 radical (unpaired) electrons. The van der Waals surface area contributed by atoms with Gasteiger partial charge in [0.15, 0.2) is 10.9 Å². The van der Waals surface area contributed by atoms with Gasteiger partial charge in [-0.05, 0) is 42.5 Å². The molecule has 5 aromatic rings. The van der Waals surface area contributed by atoms with E-state index >= 15 is 0 Å². The predicted molar refractivity (Wildman–Crippen MR) is 150 cm³/mol. The molecule has 1 aliphatic rings. The summed E-state index contributed by atoms with van der Waals surface area (Å²) in [7, 11) is 0. The molecule has 0 unspecified atom stereocenters. The molecule has 0 atom stereocenters. The highest BCUT2D eigenvalue weighted by molar-refractivity contribution is 7.98. The first-order chi connectivity index (χ1) is 19.1. The molecule has 1 saturated heterocycles. The normalized spacial score (nSPS) is 13.7. The largest absolute Gasteiger partial charge is 0.461 e. The maximum absolute atomic E-state index is 14.7. The number of carbonyl (C=O) groups excluding carboxylic acids is 1. The van der Waals surface area contributed by atoms with Crippen molar-refractivity contribution in [2.45, 2.75) is 10.9 Å². The van der Waals surface area contributed by atoms with E-state index < -0.39 is 5.82 Å². The Hall–Kier alpha value is -3.67. The number of thioether (sulfide) groups is 1. The van der Waals surface area contributed by atoms with Crippen molar-refractivity contribution in [2.24, 2.45) is 0 Å². The molecular weight excluding hydrogens is 559 g/mol. The van der Waals surface area contributed by atoms with Crippen LogP contribution in [0.4, 0.5) is 10.1 Å². The van der Waals surface area contributed by atoms with Crippen LogP contribution in [-0.4, -0.2) is 56.7 Å². The van der Waals surface area contributed by atoms with Crippen molar-refractivity contribution in [3.05, 3.63) is 93.8 Å². The van der Waals surface area contributed by atoms with Gasteiger partial charge in [0, 0.05) is 42.3 Å². The first kappa shape index (κ1) is 25.6. The minimum Gasteiger partial charge on any atom is -0.461 e. The van der Waals surface area contributed by atoms with Crippen LogP contribution in [0.5, 0.6) is 0 Å². The SMILES string of the molecule is O=C(c1csc(CSc2nnc(-c3ccco3)n2-c2ccccc2F)n1)N1CCN(c2cccc(Cl)c2)CC1. The van der Waals surface area contributed by atoms with Crippen molar-refractivity contribution >= 4 is 46.3 Å². The molecule has 1 aliphatic heterocycles.